The predicted molar refractivity (Wildman–Crippen MR) is 71.1 cm³/mol. The first-order valence-corrected chi connectivity index (χ1v) is 6.99. The highest BCUT2D eigenvalue weighted by atomic mass is 16.4. The monoisotopic (exact) mass is 283 g/mol. The molecular formula is C13H21N3O4. The lowest BCUT2D eigenvalue weighted by Crippen LogP contribution is -2.52. The lowest BCUT2D eigenvalue weighted by atomic mass is 10.1. The number of aliphatic carboxylic acids is 1. The van der Waals surface area contributed by atoms with Crippen LogP contribution < -0.4 is 10.6 Å². The molecule has 1 aliphatic carbocycles. The number of hydrogen-bond acceptors (Lipinski definition) is 3. The van der Waals surface area contributed by atoms with E-state index in [9.17, 15) is 14.4 Å². The zero-order valence-corrected chi connectivity index (χ0v) is 11.6. The van der Waals surface area contributed by atoms with Crippen LogP contribution in [0.3, 0.4) is 0 Å². The molecule has 0 aromatic rings. The van der Waals surface area contributed by atoms with Gasteiger partial charge in [-0.3, -0.25) is 9.59 Å². The minimum Gasteiger partial charge on any atom is -0.481 e. The number of carboxylic acids is 1. The number of piperidine rings is 1. The molecule has 3 N–H and O–H groups in total. The maximum atomic E-state index is 11.9. The van der Waals surface area contributed by atoms with Crippen molar-refractivity contribution in [1.82, 2.24) is 15.5 Å². The highest BCUT2D eigenvalue weighted by Gasteiger charge is 2.31. The summed E-state index contributed by atoms with van der Waals surface area (Å²) in [4.78, 5) is 35.7. The number of carboxylic acid groups (broad SMARTS) is 1. The zero-order valence-electron chi connectivity index (χ0n) is 11.6. The summed E-state index contributed by atoms with van der Waals surface area (Å²) in [5.41, 5.74) is 0. The van der Waals surface area contributed by atoms with Crippen molar-refractivity contribution in [1.29, 1.82) is 0 Å². The van der Waals surface area contributed by atoms with Gasteiger partial charge in [-0.1, -0.05) is 0 Å². The van der Waals surface area contributed by atoms with Gasteiger partial charge in [-0.15, -0.1) is 0 Å². The summed E-state index contributed by atoms with van der Waals surface area (Å²) < 4.78 is 0. The molecule has 0 spiro atoms. The van der Waals surface area contributed by atoms with E-state index in [-0.39, 0.29) is 29.9 Å². The van der Waals surface area contributed by atoms with E-state index in [0.29, 0.717) is 38.6 Å². The van der Waals surface area contributed by atoms with Gasteiger partial charge < -0.3 is 20.6 Å². The van der Waals surface area contributed by atoms with E-state index in [0.717, 1.165) is 0 Å². The van der Waals surface area contributed by atoms with E-state index in [1.165, 1.54) is 0 Å². The summed E-state index contributed by atoms with van der Waals surface area (Å²) in [6, 6.07) is -0.373. The quantitative estimate of drug-likeness (QED) is 0.687. The third kappa shape index (κ3) is 3.61. The van der Waals surface area contributed by atoms with Gasteiger partial charge in [0.05, 0.1) is 5.92 Å². The molecule has 0 aromatic heterocycles. The highest BCUT2D eigenvalue weighted by Crippen LogP contribution is 2.25. The summed E-state index contributed by atoms with van der Waals surface area (Å²) in [6.45, 7) is 0.522. The molecule has 0 bridgehead atoms. The Balaban J connectivity index is 1.73. The van der Waals surface area contributed by atoms with Crippen LogP contribution >= 0.6 is 0 Å². The first kappa shape index (κ1) is 14.6. The SMILES string of the molecule is CN1CC(NC(=O)N[C@H]2CC[C@@H](C(=O)O)C2)CCC1=O. The summed E-state index contributed by atoms with van der Waals surface area (Å²) >= 11 is 0. The Morgan fingerprint density at radius 3 is 2.50 bits per heavy atom. The topological polar surface area (TPSA) is 98.7 Å². The molecule has 112 valence electrons. The molecule has 0 radical (unpaired) electrons. The van der Waals surface area contributed by atoms with Crippen molar-refractivity contribution < 1.29 is 19.5 Å². The number of hydrogen-bond donors (Lipinski definition) is 3. The van der Waals surface area contributed by atoms with E-state index in [1.54, 1.807) is 11.9 Å². The number of rotatable bonds is 3. The summed E-state index contributed by atoms with van der Waals surface area (Å²) in [6.07, 6.45) is 2.91. The summed E-state index contributed by atoms with van der Waals surface area (Å²) in [7, 11) is 1.72. The molecule has 7 heteroatoms. The van der Waals surface area contributed by atoms with Crippen LogP contribution in [0.2, 0.25) is 0 Å². The Morgan fingerprint density at radius 2 is 1.90 bits per heavy atom. The number of urea groups is 1. The third-order valence-corrected chi connectivity index (χ3v) is 4.08. The summed E-state index contributed by atoms with van der Waals surface area (Å²) in [5, 5.41) is 14.6. The number of nitrogens with zero attached hydrogens (tertiary/aromatic N) is 1. The Labute approximate surface area is 117 Å². The van der Waals surface area contributed by atoms with Crippen LogP contribution in [0.5, 0.6) is 0 Å². The molecule has 3 amide bonds. The van der Waals surface area contributed by atoms with Crippen LogP contribution in [-0.4, -0.2) is 53.6 Å². The second kappa shape index (κ2) is 6.11. The minimum absolute atomic E-state index is 0.0330. The van der Waals surface area contributed by atoms with E-state index in [4.69, 9.17) is 5.11 Å². The van der Waals surface area contributed by atoms with Crippen molar-refractivity contribution in [2.24, 2.45) is 5.92 Å². The van der Waals surface area contributed by atoms with E-state index in [2.05, 4.69) is 10.6 Å². The lowest BCUT2D eigenvalue weighted by Gasteiger charge is -2.30. The van der Waals surface area contributed by atoms with Gasteiger partial charge in [-0.2, -0.15) is 0 Å². The number of likely N-dealkylation sites (tertiary alicyclic amines) is 1. The van der Waals surface area contributed by atoms with Crippen molar-refractivity contribution >= 4 is 17.9 Å². The smallest absolute Gasteiger partial charge is 0.315 e. The maximum Gasteiger partial charge on any atom is 0.315 e. The standard InChI is InChI=1S/C13H21N3O4/c1-16-7-10(4-5-11(16)17)15-13(20)14-9-3-2-8(6-9)12(18)19/h8-10H,2-7H2,1H3,(H,18,19)(H2,14,15,20)/t8-,9+,10?/m1/s1. The van der Waals surface area contributed by atoms with Gasteiger partial charge in [0.2, 0.25) is 5.91 Å². The Kier molecular flexibility index (Phi) is 4.46. The Hall–Kier alpha value is -1.79. The maximum absolute atomic E-state index is 11.9. The largest absolute Gasteiger partial charge is 0.481 e. The fourth-order valence-electron chi connectivity index (χ4n) is 2.88. The molecule has 3 atom stereocenters. The molecule has 7 nitrogen and oxygen atoms in total. The van der Waals surface area contributed by atoms with E-state index >= 15 is 0 Å². The average Bonchev–Trinajstić information content (AvgIpc) is 2.82. The van der Waals surface area contributed by atoms with E-state index in [1.807, 2.05) is 0 Å². The van der Waals surface area contributed by atoms with Crippen molar-refractivity contribution in [3.8, 4) is 0 Å². The van der Waals surface area contributed by atoms with Crippen LogP contribution in [-0.2, 0) is 9.59 Å². The number of nitrogens with one attached hydrogen (secondary N) is 2. The van der Waals surface area contributed by atoms with Crippen molar-refractivity contribution in [2.45, 2.75) is 44.2 Å². The van der Waals surface area contributed by atoms with Crippen molar-refractivity contribution in [3.05, 3.63) is 0 Å². The molecule has 1 saturated heterocycles. The fourth-order valence-corrected chi connectivity index (χ4v) is 2.88. The van der Waals surface area contributed by atoms with Crippen LogP contribution in [0, 0.1) is 5.92 Å². The van der Waals surface area contributed by atoms with Crippen LogP contribution in [0.15, 0.2) is 0 Å². The number of likely N-dealkylation sites (N-methyl/N-ethyl adjacent to an activating group) is 1. The van der Waals surface area contributed by atoms with Gasteiger partial charge in [0, 0.05) is 32.1 Å². The Bertz CT molecular complexity index is 412. The predicted octanol–water partition coefficient (Wildman–Crippen LogP) is 0.160. The minimum atomic E-state index is -0.790. The molecule has 20 heavy (non-hydrogen) atoms. The number of carbonyl (C=O) groups excluding carboxylic acids is 2. The second-order valence-electron chi connectivity index (χ2n) is 5.67. The zero-order chi connectivity index (χ0) is 14.7. The normalized spacial score (nSPS) is 30.1. The average molecular weight is 283 g/mol. The molecule has 0 aromatic carbocycles. The molecule has 1 saturated carbocycles. The summed E-state index contributed by atoms with van der Waals surface area (Å²) in [5.74, 6) is -1.04. The van der Waals surface area contributed by atoms with Crippen LogP contribution in [0.25, 0.3) is 0 Å². The lowest BCUT2D eigenvalue weighted by molar-refractivity contribution is -0.141. The molecule has 1 unspecified atom stereocenters. The van der Waals surface area contributed by atoms with Crippen LogP contribution in [0.4, 0.5) is 4.79 Å². The van der Waals surface area contributed by atoms with Gasteiger partial charge in [0.15, 0.2) is 0 Å². The van der Waals surface area contributed by atoms with Crippen LogP contribution in [0.1, 0.15) is 32.1 Å². The van der Waals surface area contributed by atoms with Crippen molar-refractivity contribution in [2.75, 3.05) is 13.6 Å². The van der Waals surface area contributed by atoms with E-state index < -0.39 is 5.97 Å². The number of carbonyl (C=O) groups is 3. The molecule has 2 fully saturated rings. The first-order valence-electron chi connectivity index (χ1n) is 6.99. The molecule has 2 aliphatic rings. The van der Waals surface area contributed by atoms with Gasteiger partial charge in [-0.25, -0.2) is 4.79 Å². The molecular weight excluding hydrogens is 262 g/mol. The first-order chi connectivity index (χ1) is 9.45. The van der Waals surface area contributed by atoms with Gasteiger partial charge in [0.1, 0.15) is 0 Å². The van der Waals surface area contributed by atoms with Crippen molar-refractivity contribution in [3.63, 3.8) is 0 Å². The van der Waals surface area contributed by atoms with Gasteiger partial charge >= 0.3 is 12.0 Å². The molecule has 2 rings (SSSR count). The highest BCUT2D eigenvalue weighted by molar-refractivity contribution is 5.78. The van der Waals surface area contributed by atoms with Gasteiger partial charge in [-0.05, 0) is 25.7 Å². The molecule has 1 aliphatic heterocycles. The fraction of sp³-hybridized carbons (Fsp3) is 0.769. The molecule has 1 heterocycles. The Morgan fingerprint density at radius 1 is 1.20 bits per heavy atom. The van der Waals surface area contributed by atoms with Gasteiger partial charge in [0.25, 0.3) is 0 Å². The number of amides is 3. The second-order valence-corrected chi connectivity index (χ2v) is 5.67. The third-order valence-electron chi connectivity index (χ3n) is 4.08.